The molecule has 1 aliphatic rings. The van der Waals surface area contributed by atoms with Crippen LogP contribution >= 0.6 is 0 Å². The van der Waals surface area contributed by atoms with Gasteiger partial charge in [0.25, 0.3) is 5.91 Å². The summed E-state index contributed by atoms with van der Waals surface area (Å²) in [6.07, 6.45) is 0. The summed E-state index contributed by atoms with van der Waals surface area (Å²) in [7, 11) is 1.69. The first kappa shape index (κ1) is 20.8. The molecule has 1 amide bonds. The van der Waals surface area contributed by atoms with Crippen molar-refractivity contribution in [3.8, 4) is 5.75 Å². The molecule has 0 radical (unpaired) electrons. The van der Waals surface area contributed by atoms with Gasteiger partial charge in [0.15, 0.2) is 0 Å². The van der Waals surface area contributed by atoms with Crippen LogP contribution in [-0.2, 0) is 0 Å². The first-order valence-electron chi connectivity index (χ1n) is 10.7. The summed E-state index contributed by atoms with van der Waals surface area (Å²) in [6.45, 7) is 7.10. The molecule has 160 valence electrons. The molecule has 0 spiro atoms. The van der Waals surface area contributed by atoms with Gasteiger partial charge in [-0.25, -0.2) is 0 Å². The van der Waals surface area contributed by atoms with Gasteiger partial charge in [-0.15, -0.1) is 0 Å². The molecule has 1 heterocycles. The van der Waals surface area contributed by atoms with Crippen LogP contribution < -0.4 is 15.0 Å². The minimum absolute atomic E-state index is 0.0630. The maximum absolute atomic E-state index is 13.4. The van der Waals surface area contributed by atoms with Crippen LogP contribution in [0.4, 0.5) is 17.1 Å². The van der Waals surface area contributed by atoms with Crippen molar-refractivity contribution in [2.45, 2.75) is 13.8 Å². The maximum atomic E-state index is 13.4. The molecule has 0 aromatic heterocycles. The number of methoxy groups -OCH3 is 1. The number of nitrogens with zero attached hydrogens (tertiary/aromatic N) is 2. The second kappa shape index (κ2) is 9.13. The molecule has 0 atom stereocenters. The molecule has 31 heavy (non-hydrogen) atoms. The molecule has 1 N–H and O–H groups in total. The number of carbonyl (C=O) groups excluding carboxylic acids is 1. The molecule has 0 unspecified atom stereocenters. The van der Waals surface area contributed by atoms with Crippen molar-refractivity contribution in [3.05, 3.63) is 83.4 Å². The molecule has 1 fully saturated rings. The molecule has 5 heteroatoms. The SMILES string of the molecule is COc1ccccc1N1CCN(C(=O)c2ccccc2Nc2cccc(C)c2C)CC1. The van der Waals surface area contributed by atoms with Gasteiger partial charge in [-0.3, -0.25) is 4.79 Å². The summed E-state index contributed by atoms with van der Waals surface area (Å²) in [5, 5.41) is 3.48. The number of rotatable bonds is 5. The second-order valence-electron chi connectivity index (χ2n) is 7.87. The molecule has 0 saturated carbocycles. The van der Waals surface area contributed by atoms with E-state index in [9.17, 15) is 4.79 Å². The lowest BCUT2D eigenvalue weighted by Gasteiger charge is -2.37. The Morgan fingerprint density at radius 2 is 1.52 bits per heavy atom. The largest absolute Gasteiger partial charge is 0.495 e. The van der Waals surface area contributed by atoms with Crippen molar-refractivity contribution in [1.82, 2.24) is 4.90 Å². The third-order valence-electron chi connectivity index (χ3n) is 6.02. The molecule has 1 aliphatic heterocycles. The van der Waals surface area contributed by atoms with E-state index in [4.69, 9.17) is 4.74 Å². The number of hydrogen-bond acceptors (Lipinski definition) is 4. The average molecular weight is 416 g/mol. The van der Waals surface area contributed by atoms with Crippen molar-refractivity contribution in [3.63, 3.8) is 0 Å². The van der Waals surface area contributed by atoms with Crippen LogP contribution in [0.3, 0.4) is 0 Å². The standard InChI is InChI=1S/C26H29N3O2/c1-19-9-8-12-22(20(19)2)27-23-11-5-4-10-21(23)26(30)29-17-15-28(16-18-29)24-13-6-7-14-25(24)31-3/h4-14,27H,15-18H2,1-3H3. The Bertz CT molecular complexity index is 1070. The number of benzene rings is 3. The lowest BCUT2D eigenvalue weighted by atomic mass is 10.1. The van der Waals surface area contributed by atoms with E-state index < -0.39 is 0 Å². The van der Waals surface area contributed by atoms with Gasteiger partial charge in [-0.05, 0) is 55.3 Å². The Morgan fingerprint density at radius 3 is 2.29 bits per heavy atom. The molecule has 5 nitrogen and oxygen atoms in total. The number of hydrogen-bond donors (Lipinski definition) is 1. The Hall–Kier alpha value is -3.47. The fraction of sp³-hybridized carbons (Fsp3) is 0.269. The molecular formula is C26H29N3O2. The summed E-state index contributed by atoms with van der Waals surface area (Å²) < 4.78 is 5.50. The van der Waals surface area contributed by atoms with E-state index in [1.807, 2.05) is 53.4 Å². The van der Waals surface area contributed by atoms with Gasteiger partial charge < -0.3 is 19.9 Å². The van der Waals surface area contributed by atoms with Crippen molar-refractivity contribution >= 4 is 23.0 Å². The Morgan fingerprint density at radius 1 is 0.839 bits per heavy atom. The van der Waals surface area contributed by atoms with E-state index in [1.54, 1.807) is 7.11 Å². The summed E-state index contributed by atoms with van der Waals surface area (Å²) in [6, 6.07) is 22.0. The van der Waals surface area contributed by atoms with Gasteiger partial charge in [0.05, 0.1) is 24.0 Å². The zero-order valence-corrected chi connectivity index (χ0v) is 18.4. The average Bonchev–Trinajstić information content (AvgIpc) is 2.82. The van der Waals surface area contributed by atoms with Gasteiger partial charge in [0.2, 0.25) is 0 Å². The summed E-state index contributed by atoms with van der Waals surface area (Å²) in [4.78, 5) is 17.6. The number of anilines is 3. The van der Waals surface area contributed by atoms with Crippen LogP contribution in [0, 0.1) is 13.8 Å². The normalized spacial score (nSPS) is 13.8. The molecule has 1 saturated heterocycles. The van der Waals surface area contributed by atoms with E-state index in [1.165, 1.54) is 11.1 Å². The van der Waals surface area contributed by atoms with E-state index >= 15 is 0 Å². The molecular weight excluding hydrogens is 386 g/mol. The highest BCUT2D eigenvalue weighted by molar-refractivity contribution is 6.00. The van der Waals surface area contributed by atoms with E-state index in [0.29, 0.717) is 18.7 Å². The van der Waals surface area contributed by atoms with Crippen LogP contribution in [0.15, 0.2) is 66.7 Å². The minimum Gasteiger partial charge on any atom is -0.495 e. The number of amides is 1. The van der Waals surface area contributed by atoms with Crippen molar-refractivity contribution in [2.24, 2.45) is 0 Å². The second-order valence-corrected chi connectivity index (χ2v) is 7.87. The topological polar surface area (TPSA) is 44.8 Å². The van der Waals surface area contributed by atoms with E-state index in [0.717, 1.165) is 35.9 Å². The summed E-state index contributed by atoms with van der Waals surface area (Å²) >= 11 is 0. The highest BCUT2D eigenvalue weighted by Gasteiger charge is 2.25. The van der Waals surface area contributed by atoms with Gasteiger partial charge in [-0.2, -0.15) is 0 Å². The fourth-order valence-corrected chi connectivity index (χ4v) is 4.02. The first-order chi connectivity index (χ1) is 15.1. The van der Waals surface area contributed by atoms with Gasteiger partial charge in [-0.1, -0.05) is 36.4 Å². The van der Waals surface area contributed by atoms with Crippen LogP contribution in [0.5, 0.6) is 5.75 Å². The monoisotopic (exact) mass is 415 g/mol. The highest BCUT2D eigenvalue weighted by Crippen LogP contribution is 2.30. The summed E-state index contributed by atoms with van der Waals surface area (Å²) in [5.41, 5.74) is 6.06. The van der Waals surface area contributed by atoms with Crippen LogP contribution in [0.2, 0.25) is 0 Å². The molecule has 0 bridgehead atoms. The molecule has 4 rings (SSSR count). The Labute approximate surface area is 184 Å². The van der Waals surface area contributed by atoms with E-state index in [-0.39, 0.29) is 5.91 Å². The van der Waals surface area contributed by atoms with Gasteiger partial charge in [0.1, 0.15) is 5.75 Å². The number of para-hydroxylation sites is 3. The fourth-order valence-electron chi connectivity index (χ4n) is 4.02. The van der Waals surface area contributed by atoms with Gasteiger partial charge in [0, 0.05) is 31.9 Å². The Kier molecular flexibility index (Phi) is 6.12. The Balaban J connectivity index is 1.49. The van der Waals surface area contributed by atoms with Gasteiger partial charge >= 0.3 is 0 Å². The number of aryl methyl sites for hydroxylation is 1. The molecule has 3 aromatic rings. The van der Waals surface area contributed by atoms with Crippen molar-refractivity contribution in [1.29, 1.82) is 0 Å². The van der Waals surface area contributed by atoms with Crippen molar-refractivity contribution in [2.75, 3.05) is 43.5 Å². The quantitative estimate of drug-likeness (QED) is 0.636. The third-order valence-corrected chi connectivity index (χ3v) is 6.02. The van der Waals surface area contributed by atoms with Crippen LogP contribution in [0.25, 0.3) is 0 Å². The lowest BCUT2D eigenvalue weighted by molar-refractivity contribution is 0.0747. The number of ether oxygens (including phenoxy) is 1. The van der Waals surface area contributed by atoms with Crippen LogP contribution in [0.1, 0.15) is 21.5 Å². The van der Waals surface area contributed by atoms with Crippen LogP contribution in [-0.4, -0.2) is 44.1 Å². The smallest absolute Gasteiger partial charge is 0.256 e. The minimum atomic E-state index is 0.0630. The summed E-state index contributed by atoms with van der Waals surface area (Å²) in [5.74, 6) is 0.929. The van der Waals surface area contributed by atoms with E-state index in [2.05, 4.69) is 42.3 Å². The zero-order chi connectivity index (χ0) is 21.8. The third kappa shape index (κ3) is 4.36. The number of carbonyl (C=O) groups is 1. The maximum Gasteiger partial charge on any atom is 0.256 e. The molecule has 0 aliphatic carbocycles. The predicted molar refractivity (Wildman–Crippen MR) is 127 cm³/mol. The predicted octanol–water partition coefficient (Wildman–Crippen LogP) is 5.02. The molecule has 3 aromatic carbocycles. The lowest BCUT2D eigenvalue weighted by Crippen LogP contribution is -2.49. The zero-order valence-electron chi connectivity index (χ0n) is 18.4. The number of nitrogens with one attached hydrogen (secondary N) is 1. The number of piperazine rings is 1. The highest BCUT2D eigenvalue weighted by atomic mass is 16.5. The first-order valence-corrected chi connectivity index (χ1v) is 10.7. The van der Waals surface area contributed by atoms with Crippen molar-refractivity contribution < 1.29 is 9.53 Å².